The van der Waals surface area contributed by atoms with Crippen molar-refractivity contribution in [2.24, 2.45) is 0 Å². The number of rotatable bonds is 11. The van der Waals surface area contributed by atoms with Gasteiger partial charge in [-0.3, -0.25) is 13.9 Å². The Morgan fingerprint density at radius 1 is 0.929 bits per heavy atom. The van der Waals surface area contributed by atoms with E-state index in [1.807, 2.05) is 39.0 Å². The van der Waals surface area contributed by atoms with Crippen molar-refractivity contribution < 1.29 is 18.0 Å². The zero-order valence-corrected chi connectivity index (χ0v) is 26.1. The fourth-order valence-corrected chi connectivity index (χ4v) is 7.14. The third-order valence-corrected chi connectivity index (χ3v) is 9.75. The Kier molecular flexibility index (Phi) is 10.7. The lowest BCUT2D eigenvalue weighted by molar-refractivity contribution is -0.140. The van der Waals surface area contributed by atoms with E-state index in [1.165, 1.54) is 17.0 Å². The molecule has 3 aromatic rings. The van der Waals surface area contributed by atoms with Crippen LogP contribution in [0.2, 0.25) is 5.02 Å². The quantitative estimate of drug-likeness (QED) is 0.272. The van der Waals surface area contributed by atoms with Gasteiger partial charge >= 0.3 is 0 Å². The fourth-order valence-electron chi connectivity index (χ4n) is 5.59. The van der Waals surface area contributed by atoms with Crippen LogP contribution < -0.4 is 9.62 Å². The number of nitrogens with zero attached hydrogens (tertiary/aromatic N) is 2. The predicted molar refractivity (Wildman–Crippen MR) is 168 cm³/mol. The average molecular weight is 610 g/mol. The number of hydrogen-bond acceptors (Lipinski definition) is 4. The standard InChI is InChI=1S/C33H40ClN3O4S/c1-4-31(33(39)35-28-11-7-5-8-12-28)36(22-26-15-17-27(34)18-16-26)32(38)23-37(29-20-24(2)19-25(3)21-29)42(40,41)30-13-9-6-10-14-30/h6,9-10,13-21,28,31H,4-5,7-8,11-12,22-23H2,1-3H3,(H,35,39)/t31-/m0/s1. The van der Waals surface area contributed by atoms with Gasteiger partial charge in [-0.25, -0.2) is 8.42 Å². The SMILES string of the molecule is CC[C@@H](C(=O)NC1CCCCC1)N(Cc1ccc(Cl)cc1)C(=O)CN(c1cc(C)cc(C)c1)S(=O)(=O)c1ccccc1. The van der Waals surface area contributed by atoms with Crippen molar-refractivity contribution in [1.82, 2.24) is 10.2 Å². The van der Waals surface area contributed by atoms with Crippen LogP contribution >= 0.6 is 11.6 Å². The number of carbonyl (C=O) groups excluding carboxylic acids is 2. The van der Waals surface area contributed by atoms with Gasteiger partial charge in [0.2, 0.25) is 11.8 Å². The molecule has 1 saturated carbocycles. The molecule has 1 fully saturated rings. The lowest BCUT2D eigenvalue weighted by Crippen LogP contribution is -2.54. The van der Waals surface area contributed by atoms with E-state index in [2.05, 4.69) is 5.32 Å². The number of amides is 2. The number of anilines is 1. The van der Waals surface area contributed by atoms with Gasteiger partial charge in [0.25, 0.3) is 10.0 Å². The van der Waals surface area contributed by atoms with Crippen LogP contribution in [0.15, 0.2) is 77.7 Å². The molecule has 42 heavy (non-hydrogen) atoms. The zero-order chi connectivity index (χ0) is 30.3. The molecule has 1 aliphatic carbocycles. The summed E-state index contributed by atoms with van der Waals surface area (Å²) in [6.45, 7) is 5.33. The fraction of sp³-hybridized carbons (Fsp3) is 0.394. The number of halogens is 1. The summed E-state index contributed by atoms with van der Waals surface area (Å²) in [6.07, 6.45) is 5.52. The first-order chi connectivity index (χ1) is 20.1. The van der Waals surface area contributed by atoms with Gasteiger partial charge in [-0.05, 0) is 86.2 Å². The van der Waals surface area contributed by atoms with Gasteiger partial charge in [-0.1, -0.05) is 74.2 Å². The van der Waals surface area contributed by atoms with Gasteiger partial charge in [0.15, 0.2) is 0 Å². The first-order valence-corrected chi connectivity index (χ1v) is 16.4. The summed E-state index contributed by atoms with van der Waals surface area (Å²) < 4.78 is 29.2. The van der Waals surface area contributed by atoms with Crippen LogP contribution in [0.4, 0.5) is 5.69 Å². The van der Waals surface area contributed by atoms with E-state index in [-0.39, 0.29) is 23.4 Å². The summed E-state index contributed by atoms with van der Waals surface area (Å²) in [5.41, 5.74) is 2.94. The smallest absolute Gasteiger partial charge is 0.264 e. The molecule has 7 nitrogen and oxygen atoms in total. The maximum atomic E-state index is 14.3. The highest BCUT2D eigenvalue weighted by Gasteiger charge is 2.34. The lowest BCUT2D eigenvalue weighted by Gasteiger charge is -2.34. The largest absolute Gasteiger partial charge is 0.352 e. The molecule has 0 aromatic heterocycles. The van der Waals surface area contributed by atoms with Crippen LogP contribution in [0.1, 0.15) is 62.1 Å². The molecule has 1 N–H and O–H groups in total. The molecule has 1 aliphatic rings. The summed E-state index contributed by atoms with van der Waals surface area (Å²) >= 11 is 6.11. The van der Waals surface area contributed by atoms with Crippen molar-refractivity contribution in [1.29, 1.82) is 0 Å². The molecule has 0 aliphatic heterocycles. The first kappa shape index (κ1) is 31.6. The molecule has 3 aromatic carbocycles. The van der Waals surface area contributed by atoms with Crippen LogP contribution in [-0.2, 0) is 26.2 Å². The van der Waals surface area contributed by atoms with Crippen molar-refractivity contribution in [2.45, 2.75) is 82.8 Å². The molecule has 0 spiro atoms. The minimum absolute atomic E-state index is 0.0815. The van der Waals surface area contributed by atoms with Gasteiger partial charge in [0.05, 0.1) is 10.6 Å². The molecule has 2 amide bonds. The molecule has 0 bridgehead atoms. The minimum Gasteiger partial charge on any atom is -0.352 e. The second-order valence-corrected chi connectivity index (χ2v) is 13.4. The second-order valence-electron chi connectivity index (χ2n) is 11.1. The normalized spacial score (nSPS) is 14.7. The zero-order valence-electron chi connectivity index (χ0n) is 24.6. The third kappa shape index (κ3) is 7.92. The number of carbonyl (C=O) groups is 2. The summed E-state index contributed by atoms with van der Waals surface area (Å²) in [5.74, 6) is -0.676. The van der Waals surface area contributed by atoms with Gasteiger partial charge in [0.1, 0.15) is 12.6 Å². The summed E-state index contributed by atoms with van der Waals surface area (Å²) in [4.78, 5) is 29.5. The molecular formula is C33H40ClN3O4S. The van der Waals surface area contributed by atoms with Crippen molar-refractivity contribution in [3.63, 3.8) is 0 Å². The minimum atomic E-state index is -4.10. The molecule has 0 heterocycles. The van der Waals surface area contributed by atoms with Crippen LogP contribution in [0.5, 0.6) is 0 Å². The number of sulfonamides is 1. The van der Waals surface area contributed by atoms with Crippen molar-refractivity contribution in [2.75, 3.05) is 10.8 Å². The maximum absolute atomic E-state index is 14.3. The van der Waals surface area contributed by atoms with E-state index < -0.39 is 28.5 Å². The Hall–Kier alpha value is -3.36. The second kappa shape index (κ2) is 14.2. The monoisotopic (exact) mass is 609 g/mol. The highest BCUT2D eigenvalue weighted by molar-refractivity contribution is 7.92. The first-order valence-electron chi connectivity index (χ1n) is 14.6. The van der Waals surface area contributed by atoms with E-state index in [0.29, 0.717) is 17.1 Å². The highest BCUT2D eigenvalue weighted by Crippen LogP contribution is 2.27. The van der Waals surface area contributed by atoms with Crippen LogP contribution in [-0.4, -0.2) is 43.8 Å². The molecule has 0 radical (unpaired) electrons. The number of nitrogens with one attached hydrogen (secondary N) is 1. The summed E-state index contributed by atoms with van der Waals surface area (Å²) in [6, 6.07) is 20.0. The molecule has 0 saturated heterocycles. The van der Waals surface area contributed by atoms with E-state index in [1.54, 1.807) is 42.5 Å². The Morgan fingerprint density at radius 2 is 1.55 bits per heavy atom. The molecule has 9 heteroatoms. The Labute approximate surface area is 254 Å². The molecular weight excluding hydrogens is 570 g/mol. The van der Waals surface area contributed by atoms with Crippen LogP contribution in [0.25, 0.3) is 0 Å². The molecule has 4 rings (SSSR count). The third-order valence-electron chi connectivity index (χ3n) is 7.71. The topological polar surface area (TPSA) is 86.8 Å². The van der Waals surface area contributed by atoms with Gasteiger partial charge in [0, 0.05) is 17.6 Å². The maximum Gasteiger partial charge on any atom is 0.264 e. The Bertz CT molecular complexity index is 1450. The van der Waals surface area contributed by atoms with Crippen molar-refractivity contribution >= 4 is 39.1 Å². The van der Waals surface area contributed by atoms with E-state index in [0.717, 1.165) is 53.1 Å². The molecule has 0 unspecified atom stereocenters. The lowest BCUT2D eigenvalue weighted by atomic mass is 9.95. The van der Waals surface area contributed by atoms with Crippen molar-refractivity contribution in [3.05, 3.63) is 94.5 Å². The van der Waals surface area contributed by atoms with Gasteiger partial charge in [-0.2, -0.15) is 0 Å². The summed E-state index contributed by atoms with van der Waals surface area (Å²) in [7, 11) is -4.10. The van der Waals surface area contributed by atoms with E-state index >= 15 is 0 Å². The predicted octanol–water partition coefficient (Wildman–Crippen LogP) is 6.41. The van der Waals surface area contributed by atoms with Crippen LogP contribution in [0.3, 0.4) is 0 Å². The van der Waals surface area contributed by atoms with Crippen molar-refractivity contribution in [3.8, 4) is 0 Å². The summed E-state index contributed by atoms with van der Waals surface area (Å²) in [5, 5.41) is 3.73. The van der Waals surface area contributed by atoms with Gasteiger partial charge < -0.3 is 10.2 Å². The van der Waals surface area contributed by atoms with Crippen LogP contribution in [0, 0.1) is 13.8 Å². The Morgan fingerprint density at radius 3 is 2.14 bits per heavy atom. The number of aryl methyl sites for hydroxylation is 2. The van der Waals surface area contributed by atoms with E-state index in [4.69, 9.17) is 11.6 Å². The number of benzene rings is 3. The van der Waals surface area contributed by atoms with E-state index in [9.17, 15) is 18.0 Å². The number of hydrogen-bond donors (Lipinski definition) is 1. The van der Waals surface area contributed by atoms with Gasteiger partial charge in [-0.15, -0.1) is 0 Å². The molecule has 1 atom stereocenters. The highest BCUT2D eigenvalue weighted by atomic mass is 35.5. The molecule has 224 valence electrons. The Balaban J connectivity index is 1.71. The average Bonchev–Trinajstić information content (AvgIpc) is 2.97.